The van der Waals surface area contributed by atoms with Crippen LogP contribution in [0.1, 0.15) is 140 Å². The zero-order valence-electron chi connectivity index (χ0n) is 49.8. The van der Waals surface area contributed by atoms with Gasteiger partial charge in [-0.15, -0.1) is 11.3 Å². The van der Waals surface area contributed by atoms with Crippen LogP contribution in [0.15, 0.2) is 66.7 Å². The number of hydrogen-bond acceptors (Lipinski definition) is 13. The highest BCUT2D eigenvalue weighted by molar-refractivity contribution is 7.90. The molecule has 472 valence electrons. The van der Waals surface area contributed by atoms with Gasteiger partial charge in [-0.1, -0.05) is 75.9 Å². The average molecular weight is 1270 g/mol. The molecule has 5 aliphatic rings. The highest BCUT2D eigenvalue weighted by Crippen LogP contribution is 2.59. The number of nitrogens with one attached hydrogen (secondary N) is 4. The van der Waals surface area contributed by atoms with Crippen LogP contribution < -0.4 is 21.3 Å². The number of imide groups is 1. The predicted molar refractivity (Wildman–Crippen MR) is 324 cm³/mol. The Bertz CT molecular complexity index is 3630. The number of alkyl halides is 2. The van der Waals surface area contributed by atoms with Gasteiger partial charge in [-0.3, -0.25) is 48.2 Å². The molecule has 0 bridgehead atoms. The van der Waals surface area contributed by atoms with Gasteiger partial charge < -0.3 is 45.3 Å². The summed E-state index contributed by atoms with van der Waals surface area (Å²) >= 11 is 0.919. The molecule has 8 amide bonds. The Morgan fingerprint density at radius 2 is 1.60 bits per heavy atom. The van der Waals surface area contributed by atoms with Crippen molar-refractivity contribution < 1.29 is 69.9 Å². The number of thiophene rings is 1. The highest BCUT2D eigenvalue weighted by Gasteiger charge is 2.51. The number of carbonyl (C=O) groups is 8. The van der Waals surface area contributed by atoms with E-state index in [0.717, 1.165) is 52.8 Å². The predicted octanol–water partition coefficient (Wildman–Crippen LogP) is 5.09. The molecular formula is C62H75F2N8O13PS2. The lowest BCUT2D eigenvalue weighted by molar-refractivity contribution is -0.144. The first kappa shape index (κ1) is 65.5. The van der Waals surface area contributed by atoms with Crippen molar-refractivity contribution >= 4 is 86.1 Å². The van der Waals surface area contributed by atoms with E-state index in [1.54, 1.807) is 17.0 Å². The van der Waals surface area contributed by atoms with E-state index in [0.29, 0.717) is 74.1 Å². The second-order valence-corrected chi connectivity index (χ2v) is 29.7. The van der Waals surface area contributed by atoms with Crippen LogP contribution in [0.3, 0.4) is 0 Å². The molecule has 9 rings (SSSR count). The fourth-order valence-electron chi connectivity index (χ4n) is 12.3. The van der Waals surface area contributed by atoms with Crippen LogP contribution in [0.4, 0.5) is 8.78 Å². The molecule has 0 aliphatic carbocycles. The molecule has 88 heavy (non-hydrogen) atoms. The molecule has 0 radical (unpaired) electrons. The Kier molecular flexibility index (Phi) is 19.8. The summed E-state index contributed by atoms with van der Waals surface area (Å²) in [6, 6.07) is 11.1. The summed E-state index contributed by atoms with van der Waals surface area (Å²) in [5, 5.41) is 10.9. The minimum Gasteiger partial charge on any atom is -0.342 e. The Morgan fingerprint density at radius 1 is 0.886 bits per heavy atom. The minimum absolute atomic E-state index is 0.0234. The fourth-order valence-corrected chi connectivity index (χ4v) is 14.4. The molecule has 0 spiro atoms. The summed E-state index contributed by atoms with van der Waals surface area (Å²) in [5.74, 6) is 1.85. The monoisotopic (exact) mass is 1270 g/mol. The lowest BCUT2D eigenvalue weighted by Crippen LogP contribution is -2.62. The molecule has 4 saturated heterocycles. The molecule has 21 nitrogen and oxygen atoms in total. The van der Waals surface area contributed by atoms with Crippen LogP contribution in [0, 0.1) is 17.8 Å². The van der Waals surface area contributed by atoms with E-state index in [4.69, 9.17) is 0 Å². The third-order valence-electron chi connectivity index (χ3n) is 17.5. The van der Waals surface area contributed by atoms with E-state index in [2.05, 4.69) is 53.9 Å². The topological polar surface area (TPSA) is 289 Å². The van der Waals surface area contributed by atoms with Crippen molar-refractivity contribution in [2.45, 2.75) is 152 Å². The number of likely N-dealkylation sites (tertiary alicyclic amines) is 1. The summed E-state index contributed by atoms with van der Waals surface area (Å²) in [5.41, 5.74) is -1.90. The van der Waals surface area contributed by atoms with Crippen molar-refractivity contribution in [2.24, 2.45) is 5.92 Å². The van der Waals surface area contributed by atoms with Gasteiger partial charge in [0.15, 0.2) is 0 Å². The number of nitrogens with zero attached hydrogens (tertiary/aromatic N) is 4. The molecular weight excluding hydrogens is 1200 g/mol. The summed E-state index contributed by atoms with van der Waals surface area (Å²) in [6.45, 7) is 10.1. The van der Waals surface area contributed by atoms with Crippen LogP contribution in [0.5, 0.6) is 0 Å². The second kappa shape index (κ2) is 26.6. The van der Waals surface area contributed by atoms with E-state index in [-0.39, 0.29) is 84.5 Å². The third kappa shape index (κ3) is 15.0. The minimum atomic E-state index is -5.88. The largest absolute Gasteiger partial charge is 0.399 e. The lowest BCUT2D eigenvalue weighted by Gasteiger charge is -2.38. The molecule has 5 aliphatic heterocycles. The second-order valence-electron chi connectivity index (χ2n) is 24.7. The first-order valence-corrected chi connectivity index (χ1v) is 34.2. The van der Waals surface area contributed by atoms with Crippen LogP contribution in [0.25, 0.3) is 10.1 Å². The molecule has 4 fully saturated rings. The van der Waals surface area contributed by atoms with E-state index >= 15 is 0 Å². The zero-order valence-corrected chi connectivity index (χ0v) is 52.3. The maximum Gasteiger partial charge on any atom is 0.399 e. The van der Waals surface area contributed by atoms with E-state index in [1.165, 1.54) is 21.9 Å². The maximum absolute atomic E-state index is 14.8. The van der Waals surface area contributed by atoms with Gasteiger partial charge in [0.1, 0.15) is 40.0 Å². The standard InChI is InChI=1S/C62H75F2N8O13PS2/c1-6-69-28-26-43-19-20-50(72(43)60(80)48(36-69)67-57(77)52-34-40-33-42(18-22-51(40)87-52)62(63,64)86(81,82)83)56(76)65-46(27-31-88(5,84)85)54(74)66-47(32-38-14-16-41(17-15-38)61(2,3)4)59(79)70-29-24-37(25-30-70)10-7-8-11-39-12-9-13-44-45(39)35-71(58(44)78)49-21-23-53(73)68-55(49)75/h9,12-18,22,33-34,37,43,46-50H,6-7,10,19-21,23-32,35-36H2,1-5H3,(H,65,76)(H,66,74)(H,67,77)(H,68,73,75)(H2,81,82,83)/t43-,46+,47+,48+,49?,50+/m1/s1. The lowest BCUT2D eigenvalue weighted by atomic mass is 9.86. The van der Waals surface area contributed by atoms with Crippen LogP contribution in [0.2, 0.25) is 0 Å². The van der Waals surface area contributed by atoms with Crippen LogP contribution in [-0.4, -0.2) is 166 Å². The zero-order chi connectivity index (χ0) is 63.6. The van der Waals surface area contributed by atoms with Crippen molar-refractivity contribution in [1.82, 2.24) is 40.9 Å². The van der Waals surface area contributed by atoms with Crippen molar-refractivity contribution in [3.05, 3.63) is 105 Å². The number of hydrogen-bond donors (Lipinski definition) is 6. The smallest absolute Gasteiger partial charge is 0.342 e. The number of amides is 8. The molecule has 26 heteroatoms. The van der Waals surface area contributed by atoms with Gasteiger partial charge in [-0.25, -0.2) is 8.42 Å². The molecule has 6 N–H and O–H groups in total. The number of sulfone groups is 1. The van der Waals surface area contributed by atoms with Crippen molar-refractivity contribution in [3.63, 3.8) is 0 Å². The average Bonchev–Trinajstić information content (AvgIpc) is 2.64. The van der Waals surface area contributed by atoms with E-state index < -0.39 is 100 Å². The van der Waals surface area contributed by atoms with Gasteiger partial charge in [0.05, 0.1) is 10.6 Å². The quantitative estimate of drug-likeness (QED) is 0.0430. The number of halogens is 2. The third-order valence-corrected chi connectivity index (χ3v) is 20.6. The summed E-state index contributed by atoms with van der Waals surface area (Å²) < 4.78 is 66.7. The number of benzene rings is 3. The molecule has 1 unspecified atom stereocenters. The van der Waals surface area contributed by atoms with Gasteiger partial charge in [0.25, 0.3) is 11.8 Å². The number of likely N-dealkylation sites (N-methyl/N-ethyl adjacent to an activating group) is 1. The Labute approximate surface area is 514 Å². The molecule has 6 atom stereocenters. The van der Waals surface area contributed by atoms with Crippen molar-refractivity contribution in [2.75, 3.05) is 44.7 Å². The van der Waals surface area contributed by atoms with Gasteiger partial charge in [-0.05, 0) is 122 Å². The molecule has 6 heterocycles. The van der Waals surface area contributed by atoms with Gasteiger partial charge in [-0.2, -0.15) is 8.78 Å². The summed E-state index contributed by atoms with van der Waals surface area (Å²) in [4.78, 5) is 136. The Hall–Kier alpha value is -6.94. The Morgan fingerprint density at radius 3 is 2.27 bits per heavy atom. The number of rotatable bonds is 18. The highest BCUT2D eigenvalue weighted by atomic mass is 32.2. The fraction of sp³-hybridized carbons (Fsp3) is 0.516. The number of fused-ring (bicyclic) bond motifs is 3. The Balaban J connectivity index is 0.875. The normalized spacial score (nSPS) is 21.4. The SMILES string of the molecule is CCN1CC[C@H]2CC[C@@H](C(=O)N[C@@H](CCS(C)(=O)=O)C(=O)N[C@@H](Cc3ccc(C(C)(C)C)cc3)C(=O)N3CCC(CCC#Cc4cccc5c4CN(C4CCC(=O)NC4=O)C5=O)CC3)N2C(=O)[C@@H](NC(=O)c2cc3cc(C(F)(F)P(=O)(O)O)ccc3s2)C1. The van der Waals surface area contributed by atoms with Crippen molar-refractivity contribution in [3.8, 4) is 11.8 Å². The maximum atomic E-state index is 14.8. The molecule has 3 aromatic carbocycles. The molecule has 4 aromatic rings. The molecule has 1 aromatic heterocycles. The summed E-state index contributed by atoms with van der Waals surface area (Å²) in [7, 11) is -9.59. The van der Waals surface area contributed by atoms with Crippen LogP contribution >= 0.6 is 18.9 Å². The first-order valence-electron chi connectivity index (χ1n) is 29.7. The van der Waals surface area contributed by atoms with Gasteiger partial charge in [0, 0.05) is 85.7 Å². The molecule has 0 saturated carbocycles. The van der Waals surface area contributed by atoms with Gasteiger partial charge >= 0.3 is 13.3 Å². The summed E-state index contributed by atoms with van der Waals surface area (Å²) in [6.07, 6.45) is 4.72. The van der Waals surface area contributed by atoms with Crippen molar-refractivity contribution in [1.29, 1.82) is 0 Å². The number of piperidine rings is 2. The van der Waals surface area contributed by atoms with Crippen LogP contribution in [-0.2, 0) is 67.2 Å². The first-order chi connectivity index (χ1) is 41.5. The van der Waals surface area contributed by atoms with Gasteiger partial charge in [0.2, 0.25) is 35.4 Å². The van der Waals surface area contributed by atoms with E-state index in [1.807, 2.05) is 42.2 Å². The van der Waals surface area contributed by atoms with E-state index in [9.17, 15) is 69.9 Å². The number of carbonyl (C=O) groups excluding carboxylic acids is 8.